The van der Waals surface area contributed by atoms with Crippen molar-refractivity contribution >= 4 is 12.4 Å². The van der Waals surface area contributed by atoms with Gasteiger partial charge in [-0.2, -0.15) is 0 Å². The van der Waals surface area contributed by atoms with Gasteiger partial charge in [0.2, 0.25) is 0 Å². The van der Waals surface area contributed by atoms with E-state index in [1.165, 1.54) is 11.1 Å². The third-order valence-corrected chi connectivity index (χ3v) is 4.53. The van der Waals surface area contributed by atoms with Crippen molar-refractivity contribution in [2.75, 3.05) is 41.5 Å². The first-order valence-electron chi connectivity index (χ1n) is 9.34. The van der Waals surface area contributed by atoms with Crippen LogP contribution in [0.25, 0.3) is 0 Å². The molecular weight excluding hydrogens is 378 g/mol. The molecule has 0 bridgehead atoms. The van der Waals surface area contributed by atoms with Crippen LogP contribution >= 0.6 is 12.4 Å². The van der Waals surface area contributed by atoms with E-state index in [0.29, 0.717) is 0 Å². The summed E-state index contributed by atoms with van der Waals surface area (Å²) in [5.74, 6) is 3.12. The molecule has 1 N–H and O–H groups in total. The Morgan fingerprint density at radius 1 is 0.607 bits per heavy atom. The molecule has 0 heterocycles. The van der Waals surface area contributed by atoms with Crippen LogP contribution in [0.1, 0.15) is 24.0 Å². The van der Waals surface area contributed by atoms with E-state index in [9.17, 15) is 0 Å². The van der Waals surface area contributed by atoms with Crippen LogP contribution < -0.4 is 24.3 Å². The summed E-state index contributed by atoms with van der Waals surface area (Å²) in [5, 5.41) is 3.52. The van der Waals surface area contributed by atoms with Gasteiger partial charge in [0.05, 0.1) is 28.4 Å². The Labute approximate surface area is 174 Å². The Morgan fingerprint density at radius 2 is 1.00 bits per heavy atom. The lowest BCUT2D eigenvalue weighted by Gasteiger charge is -2.10. The smallest absolute Gasteiger partial charge is 0.160 e. The second-order valence-corrected chi connectivity index (χ2v) is 6.34. The van der Waals surface area contributed by atoms with Crippen LogP contribution in [0, 0.1) is 0 Å². The number of ether oxygens (including phenoxy) is 4. The molecule has 6 heteroatoms. The number of methoxy groups -OCH3 is 4. The number of halogens is 1. The Bertz CT molecular complexity index is 649. The zero-order chi connectivity index (χ0) is 19.5. The summed E-state index contributed by atoms with van der Waals surface area (Å²) in [4.78, 5) is 0. The molecule has 0 atom stereocenters. The lowest BCUT2D eigenvalue weighted by Crippen LogP contribution is -2.17. The van der Waals surface area contributed by atoms with Crippen molar-refractivity contribution in [3.05, 3.63) is 47.5 Å². The van der Waals surface area contributed by atoms with Crippen LogP contribution in [0.5, 0.6) is 23.0 Å². The zero-order valence-electron chi connectivity index (χ0n) is 17.2. The predicted molar refractivity (Wildman–Crippen MR) is 116 cm³/mol. The van der Waals surface area contributed by atoms with E-state index in [1.807, 2.05) is 12.1 Å². The van der Waals surface area contributed by atoms with Crippen LogP contribution in [0.4, 0.5) is 0 Å². The van der Waals surface area contributed by atoms with Gasteiger partial charge in [-0.15, -0.1) is 12.4 Å². The first kappa shape index (κ1) is 23.9. The third-order valence-electron chi connectivity index (χ3n) is 4.53. The van der Waals surface area contributed by atoms with Crippen molar-refractivity contribution in [1.82, 2.24) is 5.32 Å². The second kappa shape index (κ2) is 13.1. The van der Waals surface area contributed by atoms with E-state index in [0.717, 1.165) is 61.8 Å². The zero-order valence-corrected chi connectivity index (χ0v) is 18.1. The maximum atomic E-state index is 5.35. The van der Waals surface area contributed by atoms with Crippen LogP contribution in [-0.4, -0.2) is 41.5 Å². The molecule has 0 aliphatic heterocycles. The maximum absolute atomic E-state index is 5.35. The highest BCUT2D eigenvalue weighted by Crippen LogP contribution is 2.28. The normalized spacial score (nSPS) is 10.1. The lowest BCUT2D eigenvalue weighted by atomic mass is 10.1. The molecule has 0 saturated carbocycles. The first-order valence-corrected chi connectivity index (χ1v) is 9.34. The van der Waals surface area contributed by atoms with E-state index >= 15 is 0 Å². The fourth-order valence-electron chi connectivity index (χ4n) is 3.03. The van der Waals surface area contributed by atoms with Gasteiger partial charge in [0.25, 0.3) is 0 Å². The number of rotatable bonds is 12. The molecule has 2 aromatic rings. The topological polar surface area (TPSA) is 49.0 Å². The van der Waals surface area contributed by atoms with E-state index in [4.69, 9.17) is 18.9 Å². The SMILES string of the molecule is COc1ccc(CCCNCCCc2ccc(OC)c(OC)c2)cc1OC.Cl. The molecule has 0 radical (unpaired) electrons. The van der Waals surface area contributed by atoms with Gasteiger partial charge < -0.3 is 24.3 Å². The summed E-state index contributed by atoms with van der Waals surface area (Å²) in [7, 11) is 6.65. The number of aryl methyl sites for hydroxylation is 2. The minimum absolute atomic E-state index is 0. The molecule has 0 amide bonds. The van der Waals surface area contributed by atoms with Crippen molar-refractivity contribution in [2.45, 2.75) is 25.7 Å². The third kappa shape index (κ3) is 7.13. The minimum atomic E-state index is 0. The molecule has 28 heavy (non-hydrogen) atoms. The lowest BCUT2D eigenvalue weighted by molar-refractivity contribution is 0.354. The van der Waals surface area contributed by atoms with Gasteiger partial charge in [-0.1, -0.05) is 12.1 Å². The highest BCUT2D eigenvalue weighted by atomic mass is 35.5. The average Bonchev–Trinajstić information content (AvgIpc) is 2.72. The van der Waals surface area contributed by atoms with Gasteiger partial charge in [-0.25, -0.2) is 0 Å². The molecule has 0 saturated heterocycles. The van der Waals surface area contributed by atoms with E-state index in [1.54, 1.807) is 28.4 Å². The largest absolute Gasteiger partial charge is 0.493 e. The summed E-state index contributed by atoms with van der Waals surface area (Å²) in [6, 6.07) is 12.2. The number of nitrogens with one attached hydrogen (secondary N) is 1. The number of hydrogen-bond donors (Lipinski definition) is 1. The number of benzene rings is 2. The van der Waals surface area contributed by atoms with Gasteiger partial charge in [-0.05, 0) is 74.2 Å². The van der Waals surface area contributed by atoms with Crippen LogP contribution in [0.15, 0.2) is 36.4 Å². The Morgan fingerprint density at radius 3 is 1.36 bits per heavy atom. The van der Waals surface area contributed by atoms with Gasteiger partial charge in [0.1, 0.15) is 0 Å². The molecule has 0 aromatic heterocycles. The quantitative estimate of drug-likeness (QED) is 0.530. The van der Waals surface area contributed by atoms with Gasteiger partial charge >= 0.3 is 0 Å². The fourth-order valence-corrected chi connectivity index (χ4v) is 3.03. The molecule has 0 fully saturated rings. The average molecular weight is 410 g/mol. The summed E-state index contributed by atoms with van der Waals surface area (Å²) in [6.45, 7) is 2.00. The summed E-state index contributed by atoms with van der Waals surface area (Å²) >= 11 is 0. The molecule has 0 aliphatic carbocycles. The maximum Gasteiger partial charge on any atom is 0.160 e. The second-order valence-electron chi connectivity index (χ2n) is 6.34. The van der Waals surface area contributed by atoms with Crippen molar-refractivity contribution in [3.63, 3.8) is 0 Å². The van der Waals surface area contributed by atoms with Crippen molar-refractivity contribution in [1.29, 1.82) is 0 Å². The van der Waals surface area contributed by atoms with Crippen molar-refractivity contribution in [3.8, 4) is 23.0 Å². The molecule has 2 aromatic carbocycles. The molecule has 0 aliphatic rings. The summed E-state index contributed by atoms with van der Waals surface area (Å²) in [6.07, 6.45) is 4.21. The molecular formula is C22H32ClNO4. The molecule has 5 nitrogen and oxygen atoms in total. The van der Waals surface area contributed by atoms with Crippen LogP contribution in [0.3, 0.4) is 0 Å². The van der Waals surface area contributed by atoms with E-state index in [2.05, 4.69) is 29.6 Å². The van der Waals surface area contributed by atoms with Gasteiger partial charge in [0.15, 0.2) is 23.0 Å². The highest BCUT2D eigenvalue weighted by molar-refractivity contribution is 5.85. The Kier molecular flexibility index (Phi) is 11.2. The molecule has 2 rings (SSSR count). The number of hydrogen-bond acceptors (Lipinski definition) is 5. The Balaban J connectivity index is 0.00000392. The first-order chi connectivity index (χ1) is 13.2. The van der Waals surface area contributed by atoms with E-state index < -0.39 is 0 Å². The fraction of sp³-hybridized carbons (Fsp3) is 0.455. The summed E-state index contributed by atoms with van der Waals surface area (Å²) in [5.41, 5.74) is 2.53. The van der Waals surface area contributed by atoms with Crippen LogP contribution in [-0.2, 0) is 12.8 Å². The van der Waals surface area contributed by atoms with Crippen molar-refractivity contribution in [2.24, 2.45) is 0 Å². The van der Waals surface area contributed by atoms with Gasteiger partial charge in [0, 0.05) is 0 Å². The molecule has 0 spiro atoms. The predicted octanol–water partition coefficient (Wildman–Crippen LogP) is 4.30. The molecule has 156 valence electrons. The monoisotopic (exact) mass is 409 g/mol. The standard InChI is InChI=1S/C22H31NO4.ClH/c1-24-19-11-9-17(15-21(19)26-3)7-5-13-23-14-6-8-18-10-12-20(25-2)22(16-18)27-4;/h9-12,15-16,23H,5-8,13-14H2,1-4H3;1H. The van der Waals surface area contributed by atoms with Crippen molar-refractivity contribution < 1.29 is 18.9 Å². The molecule has 0 unspecified atom stereocenters. The van der Waals surface area contributed by atoms with E-state index in [-0.39, 0.29) is 12.4 Å². The Hall–Kier alpha value is -2.11. The van der Waals surface area contributed by atoms with Gasteiger partial charge in [-0.3, -0.25) is 0 Å². The van der Waals surface area contributed by atoms with Crippen LogP contribution in [0.2, 0.25) is 0 Å². The summed E-state index contributed by atoms with van der Waals surface area (Å²) < 4.78 is 21.2. The minimum Gasteiger partial charge on any atom is -0.493 e. The highest BCUT2D eigenvalue weighted by Gasteiger charge is 2.05.